The summed E-state index contributed by atoms with van der Waals surface area (Å²) in [6.45, 7) is 0.363. The second kappa shape index (κ2) is 7.12. The van der Waals surface area contributed by atoms with Gasteiger partial charge in [0.25, 0.3) is 0 Å². The largest absolute Gasteiger partial charge is 0.454 e. The van der Waals surface area contributed by atoms with Crippen LogP contribution in [0, 0.1) is 22.7 Å². The van der Waals surface area contributed by atoms with Crippen LogP contribution in [0.3, 0.4) is 0 Å². The summed E-state index contributed by atoms with van der Waals surface area (Å²) in [5, 5.41) is 25.7. The van der Waals surface area contributed by atoms with Gasteiger partial charge in [-0.1, -0.05) is 0 Å². The Morgan fingerprint density at radius 3 is 1.47 bits per heavy atom. The molecule has 0 amide bonds. The molecule has 2 heterocycles. The van der Waals surface area contributed by atoms with E-state index >= 15 is 0 Å². The Bertz CT molecular complexity index is 1150. The molecule has 2 N–H and O–H groups in total. The standard InChI is InChI=1S/C22H14N4O4/c23-9-13-6-18(26-16-2-4-20-22(8-16)30-12-28-20)14(10-24)5-17(13)25-15-1-3-19-21(7-15)29-11-27-19/h1-8,25-26H,11-12H2. The number of nitriles is 2. The molecule has 0 bridgehead atoms. The van der Waals surface area contributed by atoms with Crippen LogP contribution in [0.1, 0.15) is 11.1 Å². The second-order valence-electron chi connectivity index (χ2n) is 6.55. The molecule has 0 atom stereocenters. The lowest BCUT2D eigenvalue weighted by atomic mass is 10.1. The third-order valence-electron chi connectivity index (χ3n) is 4.70. The second-order valence-corrected chi connectivity index (χ2v) is 6.55. The van der Waals surface area contributed by atoms with Crippen molar-refractivity contribution in [3.63, 3.8) is 0 Å². The number of hydrogen-bond donors (Lipinski definition) is 2. The van der Waals surface area contributed by atoms with Crippen molar-refractivity contribution in [3.8, 4) is 35.1 Å². The van der Waals surface area contributed by atoms with Crippen molar-refractivity contribution in [2.45, 2.75) is 0 Å². The van der Waals surface area contributed by atoms with Crippen LogP contribution in [0.5, 0.6) is 23.0 Å². The van der Waals surface area contributed by atoms with Crippen LogP contribution in [0.4, 0.5) is 22.7 Å². The van der Waals surface area contributed by atoms with Gasteiger partial charge in [0.05, 0.1) is 22.5 Å². The predicted octanol–water partition coefficient (Wildman–Crippen LogP) is 4.37. The van der Waals surface area contributed by atoms with Crippen LogP contribution in [0.2, 0.25) is 0 Å². The zero-order valence-corrected chi connectivity index (χ0v) is 15.6. The summed E-state index contributed by atoms with van der Waals surface area (Å²) in [4.78, 5) is 0. The topological polar surface area (TPSA) is 109 Å². The summed E-state index contributed by atoms with van der Waals surface area (Å²) in [7, 11) is 0. The van der Waals surface area contributed by atoms with Crippen molar-refractivity contribution in [3.05, 3.63) is 59.7 Å². The van der Waals surface area contributed by atoms with Gasteiger partial charge in [0.1, 0.15) is 12.1 Å². The summed E-state index contributed by atoms with van der Waals surface area (Å²) in [5.41, 5.74) is 3.24. The molecular weight excluding hydrogens is 384 g/mol. The fourth-order valence-corrected chi connectivity index (χ4v) is 3.25. The van der Waals surface area contributed by atoms with Crippen LogP contribution < -0.4 is 29.6 Å². The number of anilines is 4. The number of rotatable bonds is 4. The van der Waals surface area contributed by atoms with Crippen molar-refractivity contribution < 1.29 is 18.9 Å². The van der Waals surface area contributed by atoms with Gasteiger partial charge in [0, 0.05) is 23.5 Å². The molecule has 3 aromatic carbocycles. The van der Waals surface area contributed by atoms with Crippen LogP contribution in [-0.4, -0.2) is 13.6 Å². The number of nitrogens with one attached hydrogen (secondary N) is 2. The van der Waals surface area contributed by atoms with Gasteiger partial charge >= 0.3 is 0 Å². The number of benzene rings is 3. The van der Waals surface area contributed by atoms with E-state index in [4.69, 9.17) is 18.9 Å². The first-order valence-electron chi connectivity index (χ1n) is 9.05. The first-order chi connectivity index (χ1) is 14.7. The summed E-state index contributed by atoms with van der Waals surface area (Å²) < 4.78 is 21.4. The van der Waals surface area contributed by atoms with Crippen LogP contribution >= 0.6 is 0 Å². The monoisotopic (exact) mass is 398 g/mol. The van der Waals surface area contributed by atoms with Gasteiger partial charge in [-0.25, -0.2) is 0 Å². The SMILES string of the molecule is N#Cc1cc(Nc2ccc3c(c2)OCO3)c(C#N)cc1Nc1ccc2c(c1)OCO2. The fraction of sp³-hybridized carbons (Fsp3) is 0.0909. The lowest BCUT2D eigenvalue weighted by molar-refractivity contribution is 0.173. The molecule has 0 saturated heterocycles. The molecule has 5 rings (SSSR count). The average Bonchev–Trinajstić information content (AvgIpc) is 3.42. The minimum Gasteiger partial charge on any atom is -0.454 e. The van der Waals surface area contributed by atoms with Crippen LogP contribution in [0.15, 0.2) is 48.5 Å². The minimum absolute atomic E-state index is 0.182. The van der Waals surface area contributed by atoms with Gasteiger partial charge < -0.3 is 29.6 Å². The van der Waals surface area contributed by atoms with E-state index in [9.17, 15) is 10.5 Å². The van der Waals surface area contributed by atoms with Gasteiger partial charge in [-0.05, 0) is 36.4 Å². The average molecular weight is 398 g/mol. The van der Waals surface area contributed by atoms with E-state index in [0.29, 0.717) is 45.5 Å². The van der Waals surface area contributed by atoms with E-state index in [0.717, 1.165) is 11.4 Å². The fourth-order valence-electron chi connectivity index (χ4n) is 3.25. The van der Waals surface area contributed by atoms with E-state index in [2.05, 4.69) is 22.8 Å². The highest BCUT2D eigenvalue weighted by atomic mass is 16.7. The van der Waals surface area contributed by atoms with Crippen molar-refractivity contribution in [1.29, 1.82) is 10.5 Å². The Kier molecular flexibility index (Phi) is 4.16. The molecule has 0 fully saturated rings. The van der Waals surface area contributed by atoms with Crippen molar-refractivity contribution in [1.82, 2.24) is 0 Å². The van der Waals surface area contributed by atoms with Crippen molar-refractivity contribution in [2.75, 3.05) is 24.2 Å². The normalized spacial score (nSPS) is 12.7. The van der Waals surface area contributed by atoms with Gasteiger partial charge in [0.2, 0.25) is 13.6 Å². The molecule has 0 aliphatic carbocycles. The molecule has 0 unspecified atom stereocenters. The number of fused-ring (bicyclic) bond motifs is 2. The molecule has 146 valence electrons. The smallest absolute Gasteiger partial charge is 0.231 e. The quantitative estimate of drug-likeness (QED) is 0.667. The molecule has 8 nitrogen and oxygen atoms in total. The van der Waals surface area contributed by atoms with E-state index < -0.39 is 0 Å². The lowest BCUT2D eigenvalue weighted by Gasteiger charge is -2.14. The van der Waals surface area contributed by atoms with Crippen LogP contribution in [0.25, 0.3) is 0 Å². The summed E-state index contributed by atoms with van der Waals surface area (Å²) in [6.07, 6.45) is 0. The summed E-state index contributed by atoms with van der Waals surface area (Å²) >= 11 is 0. The molecule has 3 aromatic rings. The Labute approximate surface area is 171 Å². The lowest BCUT2D eigenvalue weighted by Crippen LogP contribution is -1.99. The van der Waals surface area contributed by atoms with Crippen LogP contribution in [-0.2, 0) is 0 Å². The van der Waals surface area contributed by atoms with E-state index in [1.54, 1.807) is 36.4 Å². The Hall–Kier alpha value is -4.56. The molecule has 30 heavy (non-hydrogen) atoms. The highest BCUT2D eigenvalue weighted by Gasteiger charge is 2.17. The van der Waals surface area contributed by atoms with Crippen molar-refractivity contribution >= 4 is 22.7 Å². The minimum atomic E-state index is 0.182. The Morgan fingerprint density at radius 1 is 0.600 bits per heavy atom. The zero-order valence-electron chi connectivity index (χ0n) is 15.6. The maximum absolute atomic E-state index is 9.65. The molecule has 0 radical (unpaired) electrons. The summed E-state index contributed by atoms with van der Waals surface area (Å²) in [6, 6.07) is 18.4. The van der Waals surface area contributed by atoms with E-state index in [1.165, 1.54) is 0 Å². The van der Waals surface area contributed by atoms with Gasteiger partial charge in [0.15, 0.2) is 23.0 Å². The Morgan fingerprint density at radius 2 is 1.03 bits per heavy atom. The van der Waals surface area contributed by atoms with Crippen molar-refractivity contribution in [2.24, 2.45) is 0 Å². The number of ether oxygens (including phenoxy) is 4. The molecule has 2 aliphatic rings. The molecule has 8 heteroatoms. The molecular formula is C22H14N4O4. The van der Waals surface area contributed by atoms with E-state index in [-0.39, 0.29) is 13.6 Å². The Balaban J connectivity index is 1.45. The molecule has 0 spiro atoms. The van der Waals surface area contributed by atoms with Gasteiger partial charge in [-0.2, -0.15) is 10.5 Å². The zero-order chi connectivity index (χ0) is 20.5. The maximum Gasteiger partial charge on any atom is 0.231 e. The number of hydrogen-bond acceptors (Lipinski definition) is 8. The molecule has 0 saturated carbocycles. The molecule has 0 aromatic heterocycles. The first kappa shape index (κ1) is 17.5. The number of nitrogens with zero attached hydrogens (tertiary/aromatic N) is 2. The highest BCUT2D eigenvalue weighted by Crippen LogP contribution is 2.38. The predicted molar refractivity (Wildman–Crippen MR) is 108 cm³/mol. The van der Waals surface area contributed by atoms with Gasteiger partial charge in [-0.15, -0.1) is 0 Å². The van der Waals surface area contributed by atoms with E-state index in [1.807, 2.05) is 12.1 Å². The molecule has 2 aliphatic heterocycles. The third-order valence-corrected chi connectivity index (χ3v) is 4.70. The maximum atomic E-state index is 9.65. The summed E-state index contributed by atoms with van der Waals surface area (Å²) in [5.74, 6) is 2.59. The third kappa shape index (κ3) is 3.13. The van der Waals surface area contributed by atoms with Gasteiger partial charge in [-0.3, -0.25) is 0 Å². The highest BCUT2D eigenvalue weighted by molar-refractivity contribution is 5.78. The first-order valence-corrected chi connectivity index (χ1v) is 9.05.